The molecular weight excluding hydrogens is 424 g/mol. The molecule has 7 heteroatoms. The molecule has 1 aliphatic carbocycles. The number of nitrogens with one attached hydrogen (secondary N) is 2. The summed E-state index contributed by atoms with van der Waals surface area (Å²) in [5.41, 5.74) is 3.89. The van der Waals surface area contributed by atoms with Gasteiger partial charge in [0.25, 0.3) is 5.56 Å². The van der Waals surface area contributed by atoms with Crippen LogP contribution in [0.2, 0.25) is 5.02 Å². The fourth-order valence-electron chi connectivity index (χ4n) is 5.05. The molecule has 0 bridgehead atoms. The molecule has 0 amide bonds. The van der Waals surface area contributed by atoms with Crippen LogP contribution in [0.3, 0.4) is 0 Å². The standard InChI is InChI=1S/C25H21ClN4O2/c26-15-10-8-14(9-11-15)18-19-21(16-6-2-3-7-17(16)22(19)31)27-23-20(18)24(32)29-25(28-23)30-12-4-1-5-13-30/h2-3,6-11,18H,1,4-5,12-13H2,(H2,27,28,29,32). The Bertz CT molecular complexity index is 1340. The van der Waals surface area contributed by atoms with Gasteiger partial charge in [0.1, 0.15) is 5.82 Å². The van der Waals surface area contributed by atoms with Crippen molar-refractivity contribution in [1.82, 2.24) is 9.97 Å². The smallest absolute Gasteiger partial charge is 0.258 e. The van der Waals surface area contributed by atoms with Gasteiger partial charge in [-0.15, -0.1) is 0 Å². The molecule has 3 heterocycles. The Morgan fingerprint density at radius 2 is 1.66 bits per heavy atom. The number of Topliss-reactive ketones (excluding diaryl/α,β-unsaturated/α-hetero) is 1. The quantitative estimate of drug-likeness (QED) is 0.605. The summed E-state index contributed by atoms with van der Waals surface area (Å²) in [6.07, 6.45) is 3.36. The number of ketones is 1. The zero-order chi connectivity index (χ0) is 21.8. The maximum atomic E-state index is 13.5. The molecule has 1 saturated heterocycles. The van der Waals surface area contributed by atoms with E-state index in [4.69, 9.17) is 16.6 Å². The van der Waals surface area contributed by atoms with Gasteiger partial charge in [0, 0.05) is 40.7 Å². The van der Waals surface area contributed by atoms with Crippen molar-refractivity contribution >= 4 is 34.8 Å². The molecule has 2 aliphatic heterocycles. The van der Waals surface area contributed by atoms with Crippen molar-refractivity contribution < 1.29 is 4.79 Å². The second-order valence-electron chi connectivity index (χ2n) is 8.47. The second kappa shape index (κ2) is 7.35. The van der Waals surface area contributed by atoms with E-state index in [1.807, 2.05) is 36.4 Å². The Hall–Kier alpha value is -3.38. The Morgan fingerprint density at radius 1 is 0.938 bits per heavy atom. The minimum atomic E-state index is -0.523. The number of aromatic amines is 1. The minimum Gasteiger partial charge on any atom is -0.342 e. The van der Waals surface area contributed by atoms with Crippen molar-refractivity contribution in [3.8, 4) is 0 Å². The van der Waals surface area contributed by atoms with Gasteiger partial charge < -0.3 is 10.2 Å². The maximum Gasteiger partial charge on any atom is 0.258 e. The summed E-state index contributed by atoms with van der Waals surface area (Å²) in [5.74, 6) is 0.508. The molecule has 0 saturated carbocycles. The van der Waals surface area contributed by atoms with E-state index in [1.54, 1.807) is 12.1 Å². The van der Waals surface area contributed by atoms with Crippen molar-refractivity contribution in [2.45, 2.75) is 25.2 Å². The lowest BCUT2D eigenvalue weighted by molar-refractivity contribution is 0.103. The Morgan fingerprint density at radius 3 is 2.41 bits per heavy atom. The lowest BCUT2D eigenvalue weighted by Crippen LogP contribution is -2.35. The monoisotopic (exact) mass is 444 g/mol. The zero-order valence-electron chi connectivity index (χ0n) is 17.3. The third-order valence-corrected chi connectivity index (χ3v) is 6.83. The van der Waals surface area contributed by atoms with Crippen LogP contribution in [0.25, 0.3) is 5.70 Å². The van der Waals surface area contributed by atoms with Gasteiger partial charge in [-0.3, -0.25) is 14.6 Å². The number of hydrogen-bond donors (Lipinski definition) is 2. The number of aromatic nitrogens is 2. The first kappa shape index (κ1) is 19.3. The van der Waals surface area contributed by atoms with Crippen LogP contribution < -0.4 is 15.8 Å². The number of fused-ring (bicyclic) bond motifs is 3. The number of halogens is 1. The number of nitrogens with zero attached hydrogens (tertiary/aromatic N) is 2. The Kier molecular flexibility index (Phi) is 4.43. The predicted octanol–water partition coefficient (Wildman–Crippen LogP) is 4.58. The topological polar surface area (TPSA) is 78.1 Å². The predicted molar refractivity (Wildman–Crippen MR) is 126 cm³/mol. The molecule has 3 aromatic rings. The molecule has 32 heavy (non-hydrogen) atoms. The summed E-state index contributed by atoms with van der Waals surface area (Å²) < 4.78 is 0. The minimum absolute atomic E-state index is 0.0618. The molecule has 160 valence electrons. The molecular formula is C25H21ClN4O2. The van der Waals surface area contributed by atoms with Crippen molar-refractivity contribution in [3.63, 3.8) is 0 Å². The third-order valence-electron chi connectivity index (χ3n) is 6.58. The fraction of sp³-hybridized carbons (Fsp3) is 0.240. The summed E-state index contributed by atoms with van der Waals surface area (Å²) in [4.78, 5) is 36.8. The van der Waals surface area contributed by atoms with E-state index < -0.39 is 5.92 Å². The highest BCUT2D eigenvalue weighted by Gasteiger charge is 2.42. The molecule has 2 N–H and O–H groups in total. The molecule has 1 aromatic heterocycles. The molecule has 1 atom stereocenters. The maximum absolute atomic E-state index is 13.5. The van der Waals surface area contributed by atoms with Gasteiger partial charge >= 0.3 is 0 Å². The van der Waals surface area contributed by atoms with Gasteiger partial charge in [0.2, 0.25) is 5.95 Å². The Labute approximate surface area is 189 Å². The largest absolute Gasteiger partial charge is 0.342 e. The number of allylic oxidation sites excluding steroid dienone is 1. The molecule has 0 spiro atoms. The average Bonchev–Trinajstić information content (AvgIpc) is 3.11. The van der Waals surface area contributed by atoms with Crippen molar-refractivity contribution in [2.75, 3.05) is 23.3 Å². The number of hydrogen-bond acceptors (Lipinski definition) is 5. The highest BCUT2D eigenvalue weighted by atomic mass is 35.5. The summed E-state index contributed by atoms with van der Waals surface area (Å²) in [6.45, 7) is 1.75. The van der Waals surface area contributed by atoms with Crippen molar-refractivity contribution in [1.29, 1.82) is 0 Å². The lowest BCUT2D eigenvalue weighted by atomic mass is 9.82. The van der Waals surface area contributed by atoms with Gasteiger partial charge in [0.05, 0.1) is 11.3 Å². The first-order chi connectivity index (χ1) is 15.6. The number of rotatable bonds is 2. The van der Waals surface area contributed by atoms with Crippen LogP contribution in [0, 0.1) is 0 Å². The highest BCUT2D eigenvalue weighted by molar-refractivity contribution is 6.30. The van der Waals surface area contributed by atoms with Gasteiger partial charge in [-0.2, -0.15) is 4.98 Å². The second-order valence-corrected chi connectivity index (χ2v) is 8.91. The van der Waals surface area contributed by atoms with Crippen LogP contribution in [-0.4, -0.2) is 28.8 Å². The van der Waals surface area contributed by atoms with Crippen molar-refractivity contribution in [2.24, 2.45) is 0 Å². The lowest BCUT2D eigenvalue weighted by Gasteiger charge is -2.31. The number of carbonyl (C=O) groups is 1. The SMILES string of the molecule is O=C1C2=C(Nc3nc(N4CCCCC4)[nH]c(=O)c3C2c2ccc(Cl)cc2)c2ccccc21. The number of H-pyrrole nitrogens is 1. The van der Waals surface area contributed by atoms with Crippen LogP contribution in [0.5, 0.6) is 0 Å². The van der Waals surface area contributed by atoms with E-state index in [1.165, 1.54) is 6.42 Å². The van der Waals surface area contributed by atoms with Crippen LogP contribution in [0.4, 0.5) is 11.8 Å². The van der Waals surface area contributed by atoms with E-state index in [0.29, 0.717) is 33.5 Å². The number of anilines is 2. The first-order valence-corrected chi connectivity index (χ1v) is 11.3. The summed E-state index contributed by atoms with van der Waals surface area (Å²) in [5, 5.41) is 3.95. The number of carbonyl (C=O) groups excluding carboxylic acids is 1. The average molecular weight is 445 g/mol. The summed E-state index contributed by atoms with van der Waals surface area (Å²) in [6, 6.07) is 14.9. The van der Waals surface area contributed by atoms with Crippen LogP contribution in [-0.2, 0) is 0 Å². The van der Waals surface area contributed by atoms with Gasteiger partial charge in [-0.05, 0) is 37.0 Å². The third kappa shape index (κ3) is 2.90. The summed E-state index contributed by atoms with van der Waals surface area (Å²) >= 11 is 6.12. The van der Waals surface area contributed by atoms with E-state index in [2.05, 4.69) is 15.2 Å². The molecule has 0 radical (unpaired) electrons. The highest BCUT2D eigenvalue weighted by Crippen LogP contribution is 2.47. The molecule has 3 aliphatic rings. The van der Waals surface area contributed by atoms with Crippen LogP contribution in [0.1, 0.15) is 52.2 Å². The number of piperidine rings is 1. The fourth-order valence-corrected chi connectivity index (χ4v) is 5.18. The number of benzene rings is 2. The zero-order valence-corrected chi connectivity index (χ0v) is 18.1. The molecule has 6 rings (SSSR count). The molecule has 1 unspecified atom stereocenters. The molecule has 6 nitrogen and oxygen atoms in total. The van der Waals surface area contributed by atoms with E-state index in [0.717, 1.165) is 42.8 Å². The normalized spacial score (nSPS) is 19.3. The molecule has 2 aromatic carbocycles. The van der Waals surface area contributed by atoms with Gasteiger partial charge in [-0.1, -0.05) is 48.0 Å². The Balaban J connectivity index is 1.56. The van der Waals surface area contributed by atoms with Crippen LogP contribution in [0.15, 0.2) is 58.9 Å². The summed E-state index contributed by atoms with van der Waals surface area (Å²) in [7, 11) is 0. The van der Waals surface area contributed by atoms with E-state index in [-0.39, 0.29) is 11.3 Å². The van der Waals surface area contributed by atoms with E-state index >= 15 is 0 Å². The van der Waals surface area contributed by atoms with E-state index in [9.17, 15) is 9.59 Å². The van der Waals surface area contributed by atoms with Gasteiger partial charge in [0.15, 0.2) is 5.78 Å². The molecule has 1 fully saturated rings. The first-order valence-electron chi connectivity index (χ1n) is 10.9. The van der Waals surface area contributed by atoms with Crippen LogP contribution >= 0.6 is 11.6 Å². The van der Waals surface area contributed by atoms with Crippen molar-refractivity contribution in [3.05, 3.63) is 91.7 Å². The van der Waals surface area contributed by atoms with Gasteiger partial charge in [-0.25, -0.2) is 0 Å².